The standard InChI is InChI=1S/C20H16Cl2N8O2/c1-2-15(11-6-4-3-5-7-11)24-26-20(31)16-17(12-8-9-13(21)14(22)10-12)30(29-25-16)19-18(23)27-32-28-19/h2-10,24H,1H3,(H2,23,27)(H,26,31)/b15-2-. The Bertz CT molecular complexity index is 1300. The third kappa shape index (κ3) is 4.13. The first-order chi connectivity index (χ1) is 15.5. The normalized spacial score (nSPS) is 11.4. The van der Waals surface area contributed by atoms with E-state index >= 15 is 0 Å². The molecule has 0 aliphatic heterocycles. The number of amides is 1. The molecule has 0 bridgehead atoms. The van der Waals surface area contributed by atoms with Gasteiger partial charge in [0.15, 0.2) is 5.69 Å². The predicted octanol–water partition coefficient (Wildman–Crippen LogP) is 3.50. The summed E-state index contributed by atoms with van der Waals surface area (Å²) in [6.45, 7) is 1.85. The Morgan fingerprint density at radius 2 is 1.88 bits per heavy atom. The lowest BCUT2D eigenvalue weighted by Gasteiger charge is -2.12. The molecule has 32 heavy (non-hydrogen) atoms. The zero-order valence-corrected chi connectivity index (χ0v) is 18.1. The number of nitrogens with zero attached hydrogens (tertiary/aromatic N) is 5. The van der Waals surface area contributed by atoms with Crippen LogP contribution in [0.5, 0.6) is 0 Å². The van der Waals surface area contributed by atoms with E-state index in [0.29, 0.717) is 16.3 Å². The second-order valence-corrected chi connectivity index (χ2v) is 7.26. The highest BCUT2D eigenvalue weighted by atomic mass is 35.5. The third-order valence-corrected chi connectivity index (χ3v) is 5.20. The number of aromatic nitrogens is 5. The molecule has 0 saturated heterocycles. The Morgan fingerprint density at radius 1 is 1.09 bits per heavy atom. The molecule has 0 atom stereocenters. The van der Waals surface area contributed by atoms with E-state index in [1.807, 2.05) is 43.3 Å². The average Bonchev–Trinajstić information content (AvgIpc) is 3.42. The minimum atomic E-state index is -0.553. The van der Waals surface area contributed by atoms with Gasteiger partial charge in [0.1, 0.15) is 5.69 Å². The van der Waals surface area contributed by atoms with Gasteiger partial charge in [-0.25, -0.2) is 4.63 Å². The molecule has 4 rings (SSSR count). The fourth-order valence-electron chi connectivity index (χ4n) is 2.94. The molecule has 2 heterocycles. The van der Waals surface area contributed by atoms with Crippen molar-refractivity contribution in [3.8, 4) is 17.1 Å². The van der Waals surface area contributed by atoms with Crippen molar-refractivity contribution in [2.45, 2.75) is 6.92 Å². The van der Waals surface area contributed by atoms with Crippen molar-refractivity contribution >= 4 is 40.6 Å². The van der Waals surface area contributed by atoms with E-state index in [-0.39, 0.29) is 28.0 Å². The molecule has 0 aliphatic carbocycles. The van der Waals surface area contributed by atoms with E-state index in [1.54, 1.807) is 18.2 Å². The van der Waals surface area contributed by atoms with Crippen molar-refractivity contribution < 1.29 is 9.42 Å². The van der Waals surface area contributed by atoms with Crippen molar-refractivity contribution in [2.75, 3.05) is 5.73 Å². The second-order valence-electron chi connectivity index (χ2n) is 6.45. The molecule has 0 saturated carbocycles. The molecule has 1 amide bonds. The van der Waals surface area contributed by atoms with Gasteiger partial charge in [-0.05, 0) is 34.9 Å². The van der Waals surface area contributed by atoms with Crippen LogP contribution in [0.3, 0.4) is 0 Å². The van der Waals surface area contributed by atoms with Crippen LogP contribution in [0.4, 0.5) is 5.82 Å². The molecular weight excluding hydrogens is 455 g/mol. The molecule has 2 aromatic carbocycles. The summed E-state index contributed by atoms with van der Waals surface area (Å²) in [5.41, 5.74) is 13.7. The van der Waals surface area contributed by atoms with E-state index < -0.39 is 5.91 Å². The highest BCUT2D eigenvalue weighted by Gasteiger charge is 2.25. The zero-order valence-electron chi connectivity index (χ0n) is 16.6. The highest BCUT2D eigenvalue weighted by Crippen LogP contribution is 2.31. The van der Waals surface area contributed by atoms with Crippen molar-refractivity contribution in [3.63, 3.8) is 0 Å². The Balaban J connectivity index is 1.70. The molecule has 0 spiro atoms. The number of carbonyl (C=O) groups is 1. The maximum absolute atomic E-state index is 13.0. The lowest BCUT2D eigenvalue weighted by Crippen LogP contribution is -2.36. The Hall–Kier alpha value is -3.89. The Labute approximate surface area is 191 Å². The van der Waals surface area contributed by atoms with Crippen molar-refractivity contribution in [2.24, 2.45) is 0 Å². The summed E-state index contributed by atoms with van der Waals surface area (Å²) in [5, 5.41) is 16.0. The van der Waals surface area contributed by atoms with E-state index in [2.05, 4.69) is 36.1 Å². The summed E-state index contributed by atoms with van der Waals surface area (Å²) in [6, 6.07) is 14.3. The number of allylic oxidation sites excluding steroid dienone is 1. The monoisotopic (exact) mass is 470 g/mol. The van der Waals surface area contributed by atoms with Gasteiger partial charge in [-0.1, -0.05) is 70.9 Å². The number of anilines is 1. The van der Waals surface area contributed by atoms with E-state index in [4.69, 9.17) is 28.9 Å². The number of nitrogens with one attached hydrogen (secondary N) is 2. The predicted molar refractivity (Wildman–Crippen MR) is 120 cm³/mol. The van der Waals surface area contributed by atoms with Crippen LogP contribution >= 0.6 is 23.2 Å². The summed E-state index contributed by atoms with van der Waals surface area (Å²) in [4.78, 5) is 13.0. The topological polar surface area (TPSA) is 137 Å². The summed E-state index contributed by atoms with van der Waals surface area (Å²) in [7, 11) is 0. The van der Waals surface area contributed by atoms with Gasteiger partial charge >= 0.3 is 0 Å². The number of hydrogen-bond acceptors (Lipinski definition) is 8. The van der Waals surface area contributed by atoms with Crippen LogP contribution < -0.4 is 16.6 Å². The molecule has 0 aliphatic rings. The van der Waals surface area contributed by atoms with E-state index in [1.165, 1.54) is 4.68 Å². The number of carbonyl (C=O) groups excluding carboxylic acids is 1. The van der Waals surface area contributed by atoms with Gasteiger partial charge in [0.05, 0.1) is 15.7 Å². The molecule has 2 aromatic heterocycles. The van der Waals surface area contributed by atoms with Crippen LogP contribution in [0, 0.1) is 0 Å². The number of benzene rings is 2. The summed E-state index contributed by atoms with van der Waals surface area (Å²) >= 11 is 12.2. The molecule has 0 unspecified atom stereocenters. The van der Waals surface area contributed by atoms with Gasteiger partial charge in [0, 0.05) is 5.56 Å². The van der Waals surface area contributed by atoms with Crippen LogP contribution in [0.15, 0.2) is 59.2 Å². The van der Waals surface area contributed by atoms with Crippen LogP contribution in [0.25, 0.3) is 22.8 Å². The second kappa shape index (κ2) is 9.08. The SMILES string of the molecule is C/C=C(\NNC(=O)c1nnn(-c2nonc2N)c1-c1ccc(Cl)c(Cl)c1)c1ccccc1. The zero-order chi connectivity index (χ0) is 22.7. The first kappa shape index (κ1) is 21.3. The van der Waals surface area contributed by atoms with E-state index in [0.717, 1.165) is 5.56 Å². The minimum absolute atomic E-state index is 0.0122. The molecular formula is C20H16Cl2N8O2. The number of rotatable bonds is 6. The van der Waals surface area contributed by atoms with Gasteiger partial charge in [0.25, 0.3) is 5.91 Å². The van der Waals surface area contributed by atoms with Gasteiger partial charge in [-0.15, -0.1) is 5.10 Å². The molecule has 12 heteroatoms. The Kier molecular flexibility index (Phi) is 6.06. The van der Waals surface area contributed by atoms with Gasteiger partial charge in [-0.2, -0.15) is 4.68 Å². The lowest BCUT2D eigenvalue weighted by molar-refractivity contribution is 0.0938. The van der Waals surface area contributed by atoms with Crippen LogP contribution in [-0.2, 0) is 0 Å². The van der Waals surface area contributed by atoms with Gasteiger partial charge < -0.3 is 5.73 Å². The number of halogens is 2. The molecule has 10 nitrogen and oxygen atoms in total. The van der Waals surface area contributed by atoms with Crippen molar-refractivity contribution in [1.82, 2.24) is 36.2 Å². The number of hydrogen-bond donors (Lipinski definition) is 3. The third-order valence-electron chi connectivity index (χ3n) is 4.46. The average molecular weight is 471 g/mol. The maximum atomic E-state index is 13.0. The summed E-state index contributed by atoms with van der Waals surface area (Å²) in [6.07, 6.45) is 1.83. The highest BCUT2D eigenvalue weighted by molar-refractivity contribution is 6.42. The number of nitrogen functional groups attached to an aromatic ring is 1. The van der Waals surface area contributed by atoms with Gasteiger partial charge in [-0.3, -0.25) is 15.6 Å². The Morgan fingerprint density at radius 3 is 2.53 bits per heavy atom. The van der Waals surface area contributed by atoms with Crippen molar-refractivity contribution in [3.05, 3.63) is 75.9 Å². The maximum Gasteiger partial charge on any atom is 0.292 e. The summed E-state index contributed by atoms with van der Waals surface area (Å²) in [5.74, 6) is -0.506. The van der Waals surface area contributed by atoms with Gasteiger partial charge in [0.2, 0.25) is 11.6 Å². The quantitative estimate of drug-likeness (QED) is 0.364. The largest absolute Gasteiger partial charge is 0.378 e. The molecule has 4 aromatic rings. The lowest BCUT2D eigenvalue weighted by atomic mass is 10.1. The fourth-order valence-corrected chi connectivity index (χ4v) is 3.23. The number of nitrogens with two attached hydrogens (primary N) is 1. The minimum Gasteiger partial charge on any atom is -0.378 e. The van der Waals surface area contributed by atoms with E-state index in [9.17, 15) is 4.79 Å². The molecule has 0 fully saturated rings. The fraction of sp³-hybridized carbons (Fsp3) is 0.0500. The van der Waals surface area contributed by atoms with Crippen LogP contribution in [0.1, 0.15) is 23.0 Å². The van der Waals surface area contributed by atoms with Crippen LogP contribution in [0.2, 0.25) is 10.0 Å². The first-order valence-electron chi connectivity index (χ1n) is 9.27. The van der Waals surface area contributed by atoms with Crippen molar-refractivity contribution in [1.29, 1.82) is 0 Å². The molecule has 0 radical (unpaired) electrons. The molecule has 162 valence electrons. The smallest absolute Gasteiger partial charge is 0.292 e. The van der Waals surface area contributed by atoms with Crippen LogP contribution in [-0.4, -0.2) is 31.2 Å². The number of hydrazine groups is 1. The first-order valence-corrected chi connectivity index (χ1v) is 10.0. The molecule has 4 N–H and O–H groups in total. The summed E-state index contributed by atoms with van der Waals surface area (Å²) < 4.78 is 5.91.